The highest BCUT2D eigenvalue weighted by atomic mass is 16.1. The molecule has 0 saturated carbocycles. The molecule has 0 radical (unpaired) electrons. The minimum absolute atomic E-state index is 0.295. The smallest absolute Gasteiger partial charge is 0.162 e. The zero-order chi connectivity index (χ0) is 12.7. The van der Waals surface area contributed by atoms with Crippen LogP contribution in [0.1, 0.15) is 74.7 Å². The Balaban J connectivity index is 2.53. The van der Waals surface area contributed by atoms with Crippen molar-refractivity contribution in [2.24, 2.45) is 0 Å². The van der Waals surface area contributed by atoms with E-state index in [4.69, 9.17) is 0 Å². The third kappa shape index (κ3) is 4.72. The lowest BCUT2D eigenvalue weighted by Crippen LogP contribution is -2.00. The number of ketones is 1. The van der Waals surface area contributed by atoms with Crippen molar-refractivity contribution >= 4 is 5.78 Å². The lowest BCUT2D eigenvalue weighted by molar-refractivity contribution is 0.0979. The van der Waals surface area contributed by atoms with Crippen molar-refractivity contribution in [3.8, 4) is 0 Å². The quantitative estimate of drug-likeness (QED) is 0.479. The molecule has 1 heteroatoms. The van der Waals surface area contributed by atoms with E-state index in [1.807, 2.05) is 18.2 Å². The molecule has 0 aliphatic rings. The van der Waals surface area contributed by atoms with Gasteiger partial charge in [-0.1, -0.05) is 58.2 Å². The summed E-state index contributed by atoms with van der Waals surface area (Å²) in [6.45, 7) is 6.50. The maximum absolute atomic E-state index is 12.0. The molecule has 0 N–H and O–H groups in total. The summed E-state index contributed by atoms with van der Waals surface area (Å²) in [5, 5.41) is 0. The molecule has 0 atom stereocenters. The average Bonchev–Trinajstić information content (AvgIpc) is 2.34. The first-order valence-corrected chi connectivity index (χ1v) is 6.78. The third-order valence-corrected chi connectivity index (χ3v) is 3.13. The van der Waals surface area contributed by atoms with Gasteiger partial charge in [0.2, 0.25) is 0 Å². The van der Waals surface area contributed by atoms with Gasteiger partial charge >= 0.3 is 0 Å². The van der Waals surface area contributed by atoms with E-state index in [2.05, 4.69) is 26.8 Å². The van der Waals surface area contributed by atoms with Gasteiger partial charge in [-0.15, -0.1) is 0 Å². The molecular formula is C16H24O. The van der Waals surface area contributed by atoms with Crippen molar-refractivity contribution in [1.29, 1.82) is 0 Å². The highest BCUT2D eigenvalue weighted by molar-refractivity contribution is 5.96. The predicted molar refractivity (Wildman–Crippen MR) is 73.6 cm³/mol. The van der Waals surface area contributed by atoms with Gasteiger partial charge in [0.05, 0.1) is 0 Å². The van der Waals surface area contributed by atoms with Crippen LogP contribution in [0.15, 0.2) is 24.3 Å². The zero-order valence-corrected chi connectivity index (χ0v) is 11.3. The van der Waals surface area contributed by atoms with E-state index in [1.165, 1.54) is 24.8 Å². The summed E-state index contributed by atoms with van der Waals surface area (Å²) in [7, 11) is 0. The number of Topliss-reactive ketones (excluding diaryl/α,β-unsaturated/α-hetero) is 1. The summed E-state index contributed by atoms with van der Waals surface area (Å²) >= 11 is 0. The molecule has 0 saturated heterocycles. The van der Waals surface area contributed by atoms with Gasteiger partial charge in [-0.2, -0.15) is 0 Å². The third-order valence-electron chi connectivity index (χ3n) is 3.13. The maximum Gasteiger partial charge on any atom is 0.162 e. The summed E-state index contributed by atoms with van der Waals surface area (Å²) in [4.78, 5) is 12.0. The Hall–Kier alpha value is -1.11. The highest BCUT2D eigenvalue weighted by Crippen LogP contribution is 2.17. The second-order valence-corrected chi connectivity index (χ2v) is 5.01. The van der Waals surface area contributed by atoms with E-state index in [-0.39, 0.29) is 0 Å². The Labute approximate surface area is 105 Å². The van der Waals surface area contributed by atoms with Gasteiger partial charge in [-0.25, -0.2) is 0 Å². The molecule has 1 aromatic rings. The molecule has 17 heavy (non-hydrogen) atoms. The van der Waals surface area contributed by atoms with Crippen LogP contribution in [0.25, 0.3) is 0 Å². The van der Waals surface area contributed by atoms with Crippen LogP contribution in [0, 0.1) is 0 Å². The van der Waals surface area contributed by atoms with Crippen molar-refractivity contribution in [1.82, 2.24) is 0 Å². The molecule has 0 spiro atoms. The van der Waals surface area contributed by atoms with Crippen LogP contribution in [-0.4, -0.2) is 5.78 Å². The maximum atomic E-state index is 12.0. The van der Waals surface area contributed by atoms with Crippen LogP contribution in [0.3, 0.4) is 0 Å². The van der Waals surface area contributed by atoms with Crippen LogP contribution >= 0.6 is 0 Å². The predicted octanol–water partition coefficient (Wildman–Crippen LogP) is 4.96. The van der Waals surface area contributed by atoms with Crippen molar-refractivity contribution in [2.75, 3.05) is 0 Å². The molecule has 0 aliphatic heterocycles. The Morgan fingerprint density at radius 1 is 1.18 bits per heavy atom. The lowest BCUT2D eigenvalue weighted by atomic mass is 9.97. The Morgan fingerprint density at radius 2 is 1.94 bits per heavy atom. The molecule has 0 amide bonds. The standard InChI is InChI=1S/C16H24O/c1-4-5-6-7-11-16(17)15-10-8-9-14(12-15)13(2)3/h8-10,12-13H,4-7,11H2,1-3H3. The van der Waals surface area contributed by atoms with Gasteiger partial charge in [0, 0.05) is 12.0 Å². The number of unbranched alkanes of at least 4 members (excludes halogenated alkanes) is 3. The van der Waals surface area contributed by atoms with Crippen LogP contribution in [0.2, 0.25) is 0 Å². The van der Waals surface area contributed by atoms with Crippen molar-refractivity contribution in [3.63, 3.8) is 0 Å². The molecule has 0 aliphatic carbocycles. The Bertz CT molecular complexity index is 352. The molecule has 0 unspecified atom stereocenters. The topological polar surface area (TPSA) is 17.1 Å². The van der Waals surface area contributed by atoms with Crippen molar-refractivity contribution in [3.05, 3.63) is 35.4 Å². The Kier molecular flexibility index (Phi) is 5.96. The highest BCUT2D eigenvalue weighted by Gasteiger charge is 2.07. The van der Waals surface area contributed by atoms with Crippen molar-refractivity contribution < 1.29 is 4.79 Å². The van der Waals surface area contributed by atoms with Gasteiger partial charge in [0.15, 0.2) is 5.78 Å². The average molecular weight is 232 g/mol. The lowest BCUT2D eigenvalue weighted by Gasteiger charge is -2.07. The molecule has 1 rings (SSSR count). The summed E-state index contributed by atoms with van der Waals surface area (Å²) in [5.74, 6) is 0.784. The van der Waals surface area contributed by atoms with Gasteiger partial charge < -0.3 is 0 Å². The Morgan fingerprint density at radius 3 is 2.59 bits per heavy atom. The van der Waals surface area contributed by atoms with E-state index in [1.54, 1.807) is 0 Å². The number of hydrogen-bond donors (Lipinski definition) is 0. The first kappa shape index (κ1) is 14.0. The monoisotopic (exact) mass is 232 g/mol. The number of rotatable bonds is 7. The van der Waals surface area contributed by atoms with E-state index >= 15 is 0 Å². The molecule has 0 bridgehead atoms. The second kappa shape index (κ2) is 7.26. The molecular weight excluding hydrogens is 208 g/mol. The molecule has 94 valence electrons. The molecule has 0 aromatic heterocycles. The molecule has 0 fully saturated rings. The van der Waals surface area contributed by atoms with Crippen LogP contribution < -0.4 is 0 Å². The van der Waals surface area contributed by atoms with E-state index in [9.17, 15) is 4.79 Å². The minimum atomic E-state index is 0.295. The van der Waals surface area contributed by atoms with E-state index < -0.39 is 0 Å². The fourth-order valence-corrected chi connectivity index (χ4v) is 1.93. The fourth-order valence-electron chi connectivity index (χ4n) is 1.93. The van der Waals surface area contributed by atoms with Crippen LogP contribution in [0.4, 0.5) is 0 Å². The first-order valence-electron chi connectivity index (χ1n) is 6.78. The second-order valence-electron chi connectivity index (χ2n) is 5.01. The number of benzene rings is 1. The normalized spacial score (nSPS) is 10.8. The molecule has 0 heterocycles. The summed E-state index contributed by atoms with van der Waals surface area (Å²) in [6, 6.07) is 8.08. The van der Waals surface area contributed by atoms with Crippen LogP contribution in [0.5, 0.6) is 0 Å². The number of carbonyl (C=O) groups is 1. The largest absolute Gasteiger partial charge is 0.294 e. The SMILES string of the molecule is CCCCCCC(=O)c1cccc(C(C)C)c1. The van der Waals surface area contributed by atoms with Gasteiger partial charge in [-0.05, 0) is 24.0 Å². The number of carbonyl (C=O) groups excluding carboxylic acids is 1. The van der Waals surface area contributed by atoms with E-state index in [0.29, 0.717) is 18.1 Å². The first-order chi connectivity index (χ1) is 8.15. The summed E-state index contributed by atoms with van der Waals surface area (Å²) in [5.41, 5.74) is 2.14. The minimum Gasteiger partial charge on any atom is -0.294 e. The summed E-state index contributed by atoms with van der Waals surface area (Å²) in [6.07, 6.45) is 5.35. The van der Waals surface area contributed by atoms with Gasteiger partial charge in [0.25, 0.3) is 0 Å². The molecule has 1 aromatic carbocycles. The number of hydrogen-bond acceptors (Lipinski definition) is 1. The fraction of sp³-hybridized carbons (Fsp3) is 0.562. The van der Waals surface area contributed by atoms with Gasteiger partial charge in [0.1, 0.15) is 0 Å². The summed E-state index contributed by atoms with van der Waals surface area (Å²) < 4.78 is 0. The molecule has 1 nitrogen and oxygen atoms in total. The van der Waals surface area contributed by atoms with Crippen molar-refractivity contribution in [2.45, 2.75) is 58.8 Å². The van der Waals surface area contributed by atoms with Crippen LogP contribution in [-0.2, 0) is 0 Å². The van der Waals surface area contributed by atoms with Gasteiger partial charge in [-0.3, -0.25) is 4.79 Å². The zero-order valence-electron chi connectivity index (χ0n) is 11.3. The van der Waals surface area contributed by atoms with E-state index in [0.717, 1.165) is 12.0 Å².